The Labute approximate surface area is 171 Å². The molecule has 1 heterocycles. The van der Waals surface area contributed by atoms with E-state index in [2.05, 4.69) is 53.4 Å². The lowest BCUT2D eigenvalue weighted by Gasteiger charge is -2.34. The minimum Gasteiger partial charge on any atom is -0.507 e. The molecule has 1 N–H and O–H groups in total. The van der Waals surface area contributed by atoms with E-state index in [4.69, 9.17) is 0 Å². The second kappa shape index (κ2) is 8.69. The fraction of sp³-hybridized carbons (Fsp3) is 0.625. The number of hydrogen-bond donors (Lipinski definition) is 1. The van der Waals surface area contributed by atoms with Crippen molar-refractivity contribution in [3.63, 3.8) is 0 Å². The van der Waals surface area contributed by atoms with Crippen molar-refractivity contribution in [1.29, 1.82) is 0 Å². The largest absolute Gasteiger partial charge is 0.507 e. The monoisotopic (exact) mass is 386 g/mol. The van der Waals surface area contributed by atoms with Crippen molar-refractivity contribution in [3.05, 3.63) is 34.9 Å². The molecule has 0 atom stereocenters. The van der Waals surface area contributed by atoms with E-state index in [0.717, 1.165) is 55.8 Å². The summed E-state index contributed by atoms with van der Waals surface area (Å²) in [5, 5.41) is 10.8. The lowest BCUT2D eigenvalue weighted by molar-refractivity contribution is -0.127. The summed E-state index contributed by atoms with van der Waals surface area (Å²) in [4.78, 5) is 17.0. The summed E-state index contributed by atoms with van der Waals surface area (Å²) in [7, 11) is 0. The van der Waals surface area contributed by atoms with Crippen LogP contribution in [0.4, 0.5) is 0 Å². The number of piperazine rings is 1. The van der Waals surface area contributed by atoms with Gasteiger partial charge >= 0.3 is 0 Å². The zero-order chi connectivity index (χ0) is 21.1. The van der Waals surface area contributed by atoms with Gasteiger partial charge in [-0.15, -0.1) is 0 Å². The van der Waals surface area contributed by atoms with Gasteiger partial charge in [-0.1, -0.05) is 48.5 Å². The molecule has 1 amide bonds. The number of phenols is 1. The van der Waals surface area contributed by atoms with Crippen LogP contribution in [0, 0.1) is 0 Å². The first kappa shape index (κ1) is 22.5. The van der Waals surface area contributed by atoms with Gasteiger partial charge in [-0.25, -0.2) is 0 Å². The topological polar surface area (TPSA) is 43.8 Å². The van der Waals surface area contributed by atoms with Crippen molar-refractivity contribution in [3.8, 4) is 5.75 Å². The summed E-state index contributed by atoms with van der Waals surface area (Å²) in [5.74, 6) is 0.439. The van der Waals surface area contributed by atoms with Gasteiger partial charge in [0.2, 0.25) is 5.91 Å². The Morgan fingerprint density at radius 1 is 1.00 bits per heavy atom. The average molecular weight is 387 g/mol. The van der Waals surface area contributed by atoms with E-state index in [1.807, 2.05) is 23.1 Å². The van der Waals surface area contributed by atoms with E-state index >= 15 is 0 Å². The quantitative estimate of drug-likeness (QED) is 0.772. The summed E-state index contributed by atoms with van der Waals surface area (Å²) in [6, 6.07) is 4.01. The van der Waals surface area contributed by atoms with Gasteiger partial charge < -0.3 is 10.0 Å². The van der Waals surface area contributed by atoms with E-state index < -0.39 is 0 Å². The van der Waals surface area contributed by atoms with E-state index in [9.17, 15) is 9.90 Å². The van der Waals surface area contributed by atoms with Crippen LogP contribution < -0.4 is 0 Å². The number of amides is 1. The van der Waals surface area contributed by atoms with E-state index in [1.54, 1.807) is 6.08 Å². The zero-order valence-corrected chi connectivity index (χ0v) is 18.8. The third kappa shape index (κ3) is 5.60. The maximum absolute atomic E-state index is 12.6. The molecule has 1 aliphatic heterocycles. The highest BCUT2D eigenvalue weighted by Crippen LogP contribution is 2.40. The number of phenolic OH excluding ortho intramolecular Hbond substituents is 1. The summed E-state index contributed by atoms with van der Waals surface area (Å²) in [6.07, 6.45) is 4.73. The Hall–Kier alpha value is -1.81. The van der Waals surface area contributed by atoms with Gasteiger partial charge in [0.1, 0.15) is 5.75 Å². The van der Waals surface area contributed by atoms with Crippen LogP contribution in [0.15, 0.2) is 18.2 Å². The molecule has 0 aliphatic carbocycles. The second-order valence-corrected chi connectivity index (χ2v) is 9.96. The van der Waals surface area contributed by atoms with Crippen LogP contribution in [0.3, 0.4) is 0 Å². The average Bonchev–Trinajstić information content (AvgIpc) is 2.59. The molecule has 0 spiro atoms. The maximum atomic E-state index is 12.6. The normalized spacial score (nSPS) is 16.8. The molecule has 0 aromatic heterocycles. The molecule has 0 unspecified atom stereocenters. The van der Waals surface area contributed by atoms with Crippen LogP contribution >= 0.6 is 0 Å². The molecule has 0 bridgehead atoms. The molecule has 1 saturated heterocycles. The number of benzene rings is 1. The number of nitrogens with zero attached hydrogens (tertiary/aromatic N) is 2. The lowest BCUT2D eigenvalue weighted by atomic mass is 9.78. The van der Waals surface area contributed by atoms with Crippen LogP contribution in [0.5, 0.6) is 5.75 Å². The van der Waals surface area contributed by atoms with Crippen LogP contribution in [-0.2, 0) is 15.6 Å². The van der Waals surface area contributed by atoms with E-state index in [-0.39, 0.29) is 16.7 Å². The smallest absolute Gasteiger partial charge is 0.246 e. The Balaban J connectivity index is 2.22. The highest BCUT2D eigenvalue weighted by Gasteiger charge is 2.26. The number of rotatable bonds is 4. The van der Waals surface area contributed by atoms with Crippen molar-refractivity contribution >= 4 is 12.0 Å². The van der Waals surface area contributed by atoms with Crippen molar-refractivity contribution in [2.75, 3.05) is 32.7 Å². The number of hydrogen-bond acceptors (Lipinski definition) is 3. The van der Waals surface area contributed by atoms with Crippen molar-refractivity contribution in [1.82, 2.24) is 9.80 Å². The molecule has 1 aromatic carbocycles. The Morgan fingerprint density at radius 2 is 1.50 bits per heavy atom. The first-order chi connectivity index (χ1) is 12.9. The van der Waals surface area contributed by atoms with E-state index in [0.29, 0.717) is 5.75 Å². The number of carbonyl (C=O) groups excluding carboxylic acids is 1. The molecule has 4 heteroatoms. The standard InChI is InChI=1S/C24H38N2O2/c1-8-11-25-12-14-26(15-13-25)21(27)10-9-18-16-19(23(2,3)4)22(28)20(17-18)24(5,6)7/h9-10,16-17,28H,8,11-15H2,1-7H3/b10-9+. The molecule has 1 aliphatic rings. The molecule has 0 saturated carbocycles. The minimum atomic E-state index is -0.173. The Bertz CT molecular complexity index is 680. The Kier molecular flexibility index (Phi) is 6.97. The van der Waals surface area contributed by atoms with Crippen LogP contribution in [-0.4, -0.2) is 53.5 Å². The summed E-state index contributed by atoms with van der Waals surface area (Å²) >= 11 is 0. The van der Waals surface area contributed by atoms with Crippen LogP contribution in [0.2, 0.25) is 0 Å². The third-order valence-corrected chi connectivity index (χ3v) is 5.39. The molecule has 1 fully saturated rings. The first-order valence-electron chi connectivity index (χ1n) is 10.5. The van der Waals surface area contributed by atoms with Gasteiger partial charge in [-0.3, -0.25) is 9.69 Å². The minimum absolute atomic E-state index is 0.0684. The molecule has 1 aromatic rings. The second-order valence-electron chi connectivity index (χ2n) is 9.96. The van der Waals surface area contributed by atoms with Gasteiger partial charge in [-0.2, -0.15) is 0 Å². The highest BCUT2D eigenvalue weighted by atomic mass is 16.3. The predicted molar refractivity (Wildman–Crippen MR) is 118 cm³/mol. The number of aromatic hydroxyl groups is 1. The first-order valence-corrected chi connectivity index (χ1v) is 10.5. The van der Waals surface area contributed by atoms with Crippen LogP contribution in [0.1, 0.15) is 71.6 Å². The third-order valence-electron chi connectivity index (χ3n) is 5.39. The number of carbonyl (C=O) groups is 1. The summed E-state index contributed by atoms with van der Waals surface area (Å²) in [6.45, 7) is 19.4. The van der Waals surface area contributed by atoms with Crippen molar-refractivity contribution in [2.24, 2.45) is 0 Å². The highest BCUT2D eigenvalue weighted by molar-refractivity contribution is 5.92. The Morgan fingerprint density at radius 3 is 1.93 bits per heavy atom. The predicted octanol–water partition coefficient (Wildman–Crippen LogP) is 4.55. The fourth-order valence-electron chi connectivity index (χ4n) is 3.68. The van der Waals surface area contributed by atoms with Gasteiger partial charge in [0, 0.05) is 43.4 Å². The molecule has 156 valence electrons. The van der Waals surface area contributed by atoms with Gasteiger partial charge in [0.25, 0.3) is 0 Å². The van der Waals surface area contributed by atoms with Gasteiger partial charge in [0.15, 0.2) is 0 Å². The molecular weight excluding hydrogens is 348 g/mol. The van der Waals surface area contributed by atoms with Crippen molar-refractivity contribution < 1.29 is 9.90 Å². The van der Waals surface area contributed by atoms with Gasteiger partial charge in [-0.05, 0) is 47.6 Å². The molecule has 28 heavy (non-hydrogen) atoms. The van der Waals surface area contributed by atoms with Crippen molar-refractivity contribution in [2.45, 2.75) is 65.7 Å². The zero-order valence-electron chi connectivity index (χ0n) is 18.8. The lowest BCUT2D eigenvalue weighted by Crippen LogP contribution is -2.48. The van der Waals surface area contributed by atoms with Crippen LogP contribution in [0.25, 0.3) is 6.08 Å². The van der Waals surface area contributed by atoms with Gasteiger partial charge in [0.05, 0.1) is 0 Å². The molecular formula is C24H38N2O2. The fourth-order valence-corrected chi connectivity index (χ4v) is 3.68. The summed E-state index contributed by atoms with van der Waals surface area (Å²) < 4.78 is 0. The molecule has 0 radical (unpaired) electrons. The molecule has 2 rings (SSSR count). The van der Waals surface area contributed by atoms with E-state index in [1.165, 1.54) is 0 Å². The SMILES string of the molecule is CCCN1CCN(C(=O)/C=C/c2cc(C(C)(C)C)c(O)c(C(C)(C)C)c2)CC1. The maximum Gasteiger partial charge on any atom is 0.246 e. The molecule has 4 nitrogen and oxygen atoms in total. The summed E-state index contributed by atoms with van der Waals surface area (Å²) in [5.41, 5.74) is 2.45.